The van der Waals surface area contributed by atoms with Crippen molar-refractivity contribution in [3.63, 3.8) is 0 Å². The van der Waals surface area contributed by atoms with E-state index in [1.165, 1.54) is 115 Å². The van der Waals surface area contributed by atoms with E-state index in [0.29, 0.717) is 6.42 Å². The monoisotopic (exact) mass is 712 g/mol. The van der Waals surface area contributed by atoms with Crippen molar-refractivity contribution in [1.29, 1.82) is 0 Å². The summed E-state index contributed by atoms with van der Waals surface area (Å²) >= 11 is 0. The van der Waals surface area contributed by atoms with Crippen LogP contribution in [0.15, 0.2) is 23.8 Å². The van der Waals surface area contributed by atoms with E-state index in [0.717, 1.165) is 38.5 Å². The van der Waals surface area contributed by atoms with Gasteiger partial charge >= 0.3 is 0 Å². The van der Waals surface area contributed by atoms with Gasteiger partial charge in [-0.25, -0.2) is 0 Å². The van der Waals surface area contributed by atoms with Crippen molar-refractivity contribution >= 4 is 5.91 Å². The van der Waals surface area contributed by atoms with E-state index in [-0.39, 0.29) is 12.5 Å². The van der Waals surface area contributed by atoms with Gasteiger partial charge in [0.2, 0.25) is 5.91 Å². The van der Waals surface area contributed by atoms with Gasteiger partial charge in [-0.3, -0.25) is 4.79 Å². The standard InChI is InChI=1S/C41H77NO8/c1-4-6-8-10-12-13-14-15-16-17-19-21-26-30-37(45)42-34(32-49-41-40(48)39(47)38(46)36(31-43)50-41)35(44)29-25-22-24-28-33(3)27-23-20-18-11-9-7-5-2/h25,28-29,34-36,38-41,43-44,46-48H,4-24,26-27,30-32H2,1-3H3,(H,42,45). The smallest absolute Gasteiger partial charge is 0.220 e. The second-order valence-electron chi connectivity index (χ2n) is 14.6. The lowest BCUT2D eigenvalue weighted by Gasteiger charge is -2.40. The van der Waals surface area contributed by atoms with Crippen molar-refractivity contribution in [2.24, 2.45) is 0 Å². The highest BCUT2D eigenvalue weighted by Crippen LogP contribution is 2.22. The number of unbranched alkanes of at least 4 members (excludes halogenated alkanes) is 19. The summed E-state index contributed by atoms with van der Waals surface area (Å²) in [6.07, 6.45) is 25.8. The minimum atomic E-state index is -1.57. The van der Waals surface area contributed by atoms with Crippen LogP contribution in [-0.4, -0.2) is 87.5 Å². The van der Waals surface area contributed by atoms with Crippen LogP contribution in [-0.2, 0) is 14.3 Å². The first-order valence-corrected chi connectivity index (χ1v) is 20.5. The lowest BCUT2D eigenvalue weighted by Crippen LogP contribution is -2.60. The molecule has 7 atom stereocenters. The largest absolute Gasteiger partial charge is 0.394 e. The van der Waals surface area contributed by atoms with Crippen LogP contribution < -0.4 is 5.32 Å². The normalized spacial score (nSPS) is 22.6. The highest BCUT2D eigenvalue weighted by molar-refractivity contribution is 5.76. The molecule has 0 bridgehead atoms. The average molecular weight is 712 g/mol. The molecule has 1 heterocycles. The molecule has 0 saturated carbocycles. The van der Waals surface area contributed by atoms with Crippen molar-refractivity contribution < 1.29 is 39.8 Å². The number of hydrogen-bond donors (Lipinski definition) is 6. The Balaban J connectivity index is 2.51. The SMILES string of the molecule is CCCCCCCCCCCCCCCC(=O)NC(COC1OC(CO)C(O)C(O)C1O)C(O)C=CCCC=C(C)CCCCCCCCC. The van der Waals surface area contributed by atoms with Crippen LogP contribution in [0, 0.1) is 0 Å². The minimum absolute atomic E-state index is 0.188. The molecule has 0 aromatic heterocycles. The van der Waals surface area contributed by atoms with Gasteiger partial charge in [0, 0.05) is 6.42 Å². The van der Waals surface area contributed by atoms with Gasteiger partial charge in [0.1, 0.15) is 24.4 Å². The molecule has 0 aromatic carbocycles. The Kier molecular flexibility index (Phi) is 29.2. The van der Waals surface area contributed by atoms with E-state index in [4.69, 9.17) is 9.47 Å². The van der Waals surface area contributed by atoms with E-state index in [1.807, 2.05) is 6.08 Å². The van der Waals surface area contributed by atoms with Crippen molar-refractivity contribution in [3.05, 3.63) is 23.8 Å². The molecular formula is C41H77NO8. The number of aliphatic hydroxyl groups excluding tert-OH is 5. The van der Waals surface area contributed by atoms with Gasteiger partial charge in [0.15, 0.2) is 6.29 Å². The maximum Gasteiger partial charge on any atom is 0.220 e. The number of ether oxygens (including phenoxy) is 2. The Morgan fingerprint density at radius 1 is 0.720 bits per heavy atom. The molecular weight excluding hydrogens is 634 g/mol. The molecule has 1 amide bonds. The van der Waals surface area contributed by atoms with E-state index in [2.05, 4.69) is 32.2 Å². The summed E-state index contributed by atoms with van der Waals surface area (Å²) in [6.45, 7) is 5.90. The Bertz CT molecular complexity index is 866. The fourth-order valence-electron chi connectivity index (χ4n) is 6.47. The van der Waals surface area contributed by atoms with Crippen LogP contribution in [0.5, 0.6) is 0 Å². The Morgan fingerprint density at radius 2 is 1.22 bits per heavy atom. The zero-order valence-corrected chi connectivity index (χ0v) is 32.1. The number of nitrogens with one attached hydrogen (secondary N) is 1. The van der Waals surface area contributed by atoms with E-state index in [9.17, 15) is 30.3 Å². The molecule has 6 N–H and O–H groups in total. The second-order valence-corrected chi connectivity index (χ2v) is 14.6. The highest BCUT2D eigenvalue weighted by Gasteiger charge is 2.44. The average Bonchev–Trinajstić information content (AvgIpc) is 3.11. The predicted molar refractivity (Wildman–Crippen MR) is 203 cm³/mol. The fraction of sp³-hybridized carbons (Fsp3) is 0.878. The molecule has 1 aliphatic rings. The van der Waals surface area contributed by atoms with E-state index in [1.54, 1.807) is 6.08 Å². The van der Waals surface area contributed by atoms with Crippen LogP contribution in [0.4, 0.5) is 0 Å². The van der Waals surface area contributed by atoms with Crippen LogP contribution >= 0.6 is 0 Å². The van der Waals surface area contributed by atoms with Gasteiger partial charge in [0.05, 0.1) is 25.4 Å². The van der Waals surface area contributed by atoms with Crippen molar-refractivity contribution in [2.75, 3.05) is 13.2 Å². The first-order chi connectivity index (χ1) is 24.2. The highest BCUT2D eigenvalue weighted by atomic mass is 16.7. The Labute approximate surface area is 305 Å². The molecule has 294 valence electrons. The van der Waals surface area contributed by atoms with Crippen molar-refractivity contribution in [3.8, 4) is 0 Å². The molecule has 7 unspecified atom stereocenters. The summed E-state index contributed by atoms with van der Waals surface area (Å²) in [5.41, 5.74) is 1.39. The fourth-order valence-corrected chi connectivity index (χ4v) is 6.47. The predicted octanol–water partition coefficient (Wildman–Crippen LogP) is 7.55. The lowest BCUT2D eigenvalue weighted by molar-refractivity contribution is -0.302. The molecule has 1 saturated heterocycles. The lowest BCUT2D eigenvalue weighted by atomic mass is 9.99. The molecule has 1 rings (SSSR count). The van der Waals surface area contributed by atoms with Gasteiger partial charge in [-0.2, -0.15) is 0 Å². The van der Waals surface area contributed by atoms with Gasteiger partial charge in [0.25, 0.3) is 0 Å². The third-order valence-electron chi connectivity index (χ3n) is 9.89. The molecule has 9 heteroatoms. The molecule has 0 radical (unpaired) electrons. The number of allylic oxidation sites excluding steroid dienone is 3. The van der Waals surface area contributed by atoms with Crippen molar-refractivity contribution in [1.82, 2.24) is 5.32 Å². The zero-order valence-electron chi connectivity index (χ0n) is 32.1. The Morgan fingerprint density at radius 3 is 1.74 bits per heavy atom. The van der Waals surface area contributed by atoms with Gasteiger partial charge in [-0.1, -0.05) is 153 Å². The van der Waals surface area contributed by atoms with Gasteiger partial charge in [-0.05, 0) is 39.0 Å². The third-order valence-corrected chi connectivity index (χ3v) is 9.89. The van der Waals surface area contributed by atoms with E-state index < -0.39 is 49.5 Å². The molecule has 0 aliphatic carbocycles. The summed E-state index contributed by atoms with van der Waals surface area (Å²) < 4.78 is 11.2. The molecule has 50 heavy (non-hydrogen) atoms. The number of carbonyl (C=O) groups excluding carboxylic acids is 1. The molecule has 0 spiro atoms. The molecule has 0 aromatic rings. The number of carbonyl (C=O) groups is 1. The summed E-state index contributed by atoms with van der Waals surface area (Å²) in [5, 5.41) is 54.0. The number of hydrogen-bond acceptors (Lipinski definition) is 8. The zero-order chi connectivity index (χ0) is 36.8. The number of aliphatic hydroxyl groups is 5. The summed E-state index contributed by atoms with van der Waals surface area (Å²) in [4.78, 5) is 12.9. The first kappa shape index (κ1) is 46.7. The summed E-state index contributed by atoms with van der Waals surface area (Å²) in [6, 6.07) is -0.817. The van der Waals surface area contributed by atoms with Gasteiger partial charge in [-0.15, -0.1) is 0 Å². The van der Waals surface area contributed by atoms with E-state index >= 15 is 0 Å². The Hall–Kier alpha value is -1.33. The quantitative estimate of drug-likeness (QED) is 0.0310. The number of amides is 1. The second kappa shape index (κ2) is 31.2. The molecule has 9 nitrogen and oxygen atoms in total. The summed E-state index contributed by atoms with van der Waals surface area (Å²) in [7, 11) is 0. The first-order valence-electron chi connectivity index (χ1n) is 20.5. The topological polar surface area (TPSA) is 149 Å². The van der Waals surface area contributed by atoms with Crippen LogP contribution in [0.1, 0.15) is 175 Å². The molecule has 1 aliphatic heterocycles. The third kappa shape index (κ3) is 22.6. The maximum absolute atomic E-state index is 12.9. The van der Waals surface area contributed by atoms with Crippen molar-refractivity contribution in [2.45, 2.75) is 218 Å². The number of rotatable bonds is 32. The minimum Gasteiger partial charge on any atom is -0.394 e. The van der Waals surface area contributed by atoms with Crippen LogP contribution in [0.3, 0.4) is 0 Å². The van der Waals surface area contributed by atoms with Crippen LogP contribution in [0.2, 0.25) is 0 Å². The summed E-state index contributed by atoms with van der Waals surface area (Å²) in [5.74, 6) is -0.188. The van der Waals surface area contributed by atoms with Gasteiger partial charge < -0.3 is 40.3 Å². The molecule has 1 fully saturated rings. The van der Waals surface area contributed by atoms with Crippen LogP contribution in [0.25, 0.3) is 0 Å². The maximum atomic E-state index is 12.9.